The molecule has 0 saturated carbocycles. The number of hydrogen-bond donors (Lipinski definition) is 1. The number of nitrogens with one attached hydrogen (secondary N) is 1. The molecule has 0 bridgehead atoms. The molecule has 1 atom stereocenters. The Morgan fingerprint density at radius 1 is 0.839 bits per heavy atom. The zero-order valence-corrected chi connectivity index (χ0v) is 31.0. The summed E-state index contributed by atoms with van der Waals surface area (Å²) in [5.41, 5.74) is 13.0. The lowest BCUT2D eigenvalue weighted by atomic mass is 9.61. The van der Waals surface area contributed by atoms with Gasteiger partial charge < -0.3 is 47.2 Å². The first-order valence-corrected chi connectivity index (χ1v) is 18.1. The molecule has 16 heteroatoms. The highest BCUT2D eigenvalue weighted by Crippen LogP contribution is 2.44. The third-order valence-electron chi connectivity index (χ3n) is 9.36. The normalized spacial score (nSPS) is 15.2. The van der Waals surface area contributed by atoms with Crippen molar-refractivity contribution >= 4 is 40.4 Å². The van der Waals surface area contributed by atoms with E-state index in [1.54, 1.807) is 31.4 Å². The number of carbonyl (C=O) groups is 1. The molecule has 288 valence electrons. The van der Waals surface area contributed by atoms with E-state index in [-0.39, 0.29) is 25.6 Å². The van der Waals surface area contributed by atoms with Crippen molar-refractivity contribution in [2.24, 2.45) is 5.11 Å². The van der Waals surface area contributed by atoms with Crippen LogP contribution in [0.5, 0.6) is 23.0 Å². The summed E-state index contributed by atoms with van der Waals surface area (Å²) in [4.78, 5) is 27.5. The van der Waals surface area contributed by atoms with E-state index in [2.05, 4.69) is 15.3 Å². The number of benzene rings is 4. The Morgan fingerprint density at radius 2 is 1.57 bits per heavy atom. The molecule has 1 amide bonds. The summed E-state index contributed by atoms with van der Waals surface area (Å²) in [6, 6.07) is 27.1. The topological polar surface area (TPSA) is 176 Å². The molecular formula is C40H40BN5O10. The molecule has 1 aromatic heterocycles. The highest BCUT2D eigenvalue weighted by Gasteiger charge is 2.58. The molecule has 5 aromatic rings. The van der Waals surface area contributed by atoms with Crippen LogP contribution in [0.2, 0.25) is 0 Å². The second-order valence-corrected chi connectivity index (χ2v) is 13.0. The SMILES string of the molecule is COCCOCCOCCOc1ccc2c(c1)C(C)=[N+]1c3ccc(C(=O)NCCN=[N+]=[N-])cc3O[B-]1(c1ccc(COc3ccc4ccc(=O)oc4c3)cc1)O2. The number of rotatable bonds is 18. The molecule has 2 aliphatic rings. The zero-order valence-electron chi connectivity index (χ0n) is 31.0. The average Bonchev–Trinajstić information content (AvgIpc) is 3.56. The van der Waals surface area contributed by atoms with Crippen molar-refractivity contribution in [1.29, 1.82) is 0 Å². The van der Waals surface area contributed by atoms with Gasteiger partial charge in [-0.3, -0.25) is 4.79 Å². The Bertz CT molecular complexity index is 2360. The third-order valence-corrected chi connectivity index (χ3v) is 9.36. The maximum Gasteiger partial charge on any atom is 0.685 e. The number of ether oxygens (including phenoxy) is 5. The molecule has 1 N–H and O–H groups in total. The van der Waals surface area contributed by atoms with Crippen LogP contribution in [0.25, 0.3) is 21.4 Å². The van der Waals surface area contributed by atoms with Crippen molar-refractivity contribution in [3.05, 3.63) is 129 Å². The fraction of sp³-hybridized carbons (Fsp3) is 0.275. The van der Waals surface area contributed by atoms with Crippen LogP contribution >= 0.6 is 0 Å². The van der Waals surface area contributed by atoms with Crippen LogP contribution in [0.1, 0.15) is 28.4 Å². The molecule has 0 fully saturated rings. The van der Waals surface area contributed by atoms with Gasteiger partial charge >= 0.3 is 12.3 Å². The van der Waals surface area contributed by atoms with Gasteiger partial charge in [0.1, 0.15) is 41.8 Å². The number of fused-ring (bicyclic) bond motifs is 5. The smallest absolute Gasteiger partial charge is 0.618 e. The van der Waals surface area contributed by atoms with Crippen molar-refractivity contribution in [1.82, 2.24) is 5.32 Å². The Morgan fingerprint density at radius 3 is 2.38 bits per heavy atom. The highest BCUT2D eigenvalue weighted by molar-refractivity contribution is 6.77. The standard InChI is InChI=1S/C40H40BN5O10/c1-27-34-24-32(52-22-21-51-20-19-50-18-17-49-2)11-13-36(34)55-41(46(27)35-12-6-30(23-38(35)56-41)40(48)43-15-16-44-45-42)31-8-3-28(4-9-31)26-53-33-10-5-29-7-14-39(47)54-37(29)25-33/h3-14,23-25H,15-22,26H2,1-2H3,(H,43,48). The molecule has 3 heterocycles. The molecule has 0 aliphatic carbocycles. The van der Waals surface area contributed by atoms with Crippen LogP contribution < -0.4 is 35.2 Å². The van der Waals surface area contributed by atoms with Gasteiger partial charge in [-0.25, -0.2) is 4.79 Å². The van der Waals surface area contributed by atoms with Crippen molar-refractivity contribution < 1.29 is 46.7 Å². The maximum atomic E-state index is 13.0. The van der Waals surface area contributed by atoms with Gasteiger partial charge in [0.2, 0.25) is 0 Å². The van der Waals surface area contributed by atoms with Crippen LogP contribution in [-0.4, -0.2) is 82.6 Å². The largest absolute Gasteiger partial charge is 0.685 e. The Hall–Kier alpha value is -6.32. The molecule has 4 aromatic carbocycles. The van der Waals surface area contributed by atoms with E-state index >= 15 is 0 Å². The molecule has 7 rings (SSSR count). The van der Waals surface area contributed by atoms with Crippen LogP contribution in [-0.2, 0) is 20.8 Å². The second kappa shape index (κ2) is 17.4. The summed E-state index contributed by atoms with van der Waals surface area (Å²) >= 11 is 0. The van der Waals surface area contributed by atoms with Crippen LogP contribution in [0.3, 0.4) is 0 Å². The quantitative estimate of drug-likeness (QED) is 0.0310. The fourth-order valence-corrected chi connectivity index (χ4v) is 6.64. The number of amides is 1. The van der Waals surface area contributed by atoms with Gasteiger partial charge in [0, 0.05) is 61.2 Å². The van der Waals surface area contributed by atoms with Crippen LogP contribution in [0, 0.1) is 0 Å². The molecule has 1 unspecified atom stereocenters. The Balaban J connectivity index is 1.13. The van der Waals surface area contributed by atoms with E-state index in [9.17, 15) is 9.59 Å². The first kappa shape index (κ1) is 38.0. The monoisotopic (exact) mass is 761 g/mol. The van der Waals surface area contributed by atoms with E-state index in [0.29, 0.717) is 73.8 Å². The van der Waals surface area contributed by atoms with E-state index in [1.807, 2.05) is 72.1 Å². The predicted octanol–water partition coefficient (Wildman–Crippen LogP) is 5.25. The van der Waals surface area contributed by atoms with Gasteiger partial charge in [-0.2, -0.15) is 0 Å². The van der Waals surface area contributed by atoms with E-state index in [0.717, 1.165) is 33.4 Å². The number of nitrogens with zero attached hydrogens (tertiary/aromatic N) is 4. The molecule has 0 spiro atoms. The van der Waals surface area contributed by atoms with Crippen molar-refractivity contribution in [2.45, 2.75) is 13.5 Å². The summed E-state index contributed by atoms with van der Waals surface area (Å²) in [5, 5.41) is 7.05. The molecule has 15 nitrogen and oxygen atoms in total. The number of azide groups is 1. The third kappa shape index (κ3) is 8.33. The minimum atomic E-state index is -2.38. The highest BCUT2D eigenvalue weighted by atomic mass is 16.6. The summed E-state index contributed by atoms with van der Waals surface area (Å²) in [7, 11) is 1.63. The van der Waals surface area contributed by atoms with Crippen molar-refractivity contribution in [3.63, 3.8) is 0 Å². The zero-order chi connectivity index (χ0) is 38.9. The Kier molecular flexibility index (Phi) is 11.8. The minimum absolute atomic E-state index is 0.133. The van der Waals surface area contributed by atoms with Crippen LogP contribution in [0.15, 0.2) is 105 Å². The molecule has 56 heavy (non-hydrogen) atoms. The molecule has 2 aliphatic heterocycles. The van der Waals surface area contributed by atoms with Gasteiger partial charge in [0.15, 0.2) is 5.69 Å². The lowest BCUT2D eigenvalue weighted by Crippen LogP contribution is -2.66. The Labute approximate surface area is 321 Å². The lowest BCUT2D eigenvalue weighted by Gasteiger charge is -2.37. The molecule has 0 saturated heterocycles. The van der Waals surface area contributed by atoms with E-state index in [4.69, 9.17) is 42.9 Å². The van der Waals surface area contributed by atoms with Gasteiger partial charge in [-0.05, 0) is 65.1 Å². The second-order valence-electron chi connectivity index (χ2n) is 13.0. The van der Waals surface area contributed by atoms with Gasteiger partial charge in [0.05, 0.1) is 44.3 Å². The molecular weight excluding hydrogens is 721 g/mol. The van der Waals surface area contributed by atoms with Crippen molar-refractivity contribution in [2.75, 3.05) is 59.8 Å². The molecule has 0 radical (unpaired) electrons. The van der Waals surface area contributed by atoms with E-state index in [1.165, 1.54) is 6.07 Å². The minimum Gasteiger partial charge on any atom is -0.618 e. The summed E-state index contributed by atoms with van der Waals surface area (Å²) in [5.74, 6) is 1.96. The van der Waals surface area contributed by atoms with Crippen molar-refractivity contribution in [3.8, 4) is 23.0 Å². The van der Waals surface area contributed by atoms with Crippen LogP contribution in [0.4, 0.5) is 5.69 Å². The van der Waals surface area contributed by atoms with E-state index < -0.39 is 12.3 Å². The predicted molar refractivity (Wildman–Crippen MR) is 208 cm³/mol. The summed E-state index contributed by atoms with van der Waals surface area (Å²) < 4.78 is 49.2. The number of hydrogen-bond acceptors (Lipinski definition) is 11. The first-order chi connectivity index (χ1) is 27.4. The number of carbonyl (C=O) groups excluding carboxylic acids is 1. The van der Waals surface area contributed by atoms with Gasteiger partial charge in [-0.15, -0.1) is 0 Å². The maximum absolute atomic E-state index is 13.0. The van der Waals surface area contributed by atoms with Gasteiger partial charge in [-0.1, -0.05) is 29.4 Å². The summed E-state index contributed by atoms with van der Waals surface area (Å²) in [6.45, 7) is 2.94. The fourth-order valence-electron chi connectivity index (χ4n) is 6.64. The number of methoxy groups -OCH3 is 1. The van der Waals surface area contributed by atoms with Gasteiger partial charge in [0.25, 0.3) is 5.91 Å². The average molecular weight is 762 g/mol. The first-order valence-electron chi connectivity index (χ1n) is 18.1. The lowest BCUT2D eigenvalue weighted by molar-refractivity contribution is -0.318. The summed E-state index contributed by atoms with van der Waals surface area (Å²) in [6.07, 6.45) is 0.